The topological polar surface area (TPSA) is 35.9 Å². The van der Waals surface area contributed by atoms with Gasteiger partial charge in [-0.25, -0.2) is 4.99 Å². The molecule has 0 radical (unpaired) electrons. The third-order valence-electron chi connectivity index (χ3n) is 3.73. The van der Waals surface area contributed by atoms with Gasteiger partial charge >= 0.3 is 0 Å². The molecule has 0 unspecified atom stereocenters. The van der Waals surface area contributed by atoms with Gasteiger partial charge in [-0.2, -0.15) is 0 Å². The second-order valence-electron chi connectivity index (χ2n) is 5.60. The smallest absolute Gasteiger partial charge is 0.228 e. The molecule has 24 heavy (non-hydrogen) atoms. The molecular weight excluding hydrogens is 322 g/mol. The number of benzene rings is 2. The van der Waals surface area contributed by atoms with Crippen LogP contribution in [0.3, 0.4) is 0 Å². The molecule has 2 aromatic rings. The zero-order valence-electron chi connectivity index (χ0n) is 14.5. The highest BCUT2D eigenvalue weighted by Crippen LogP contribution is 2.36. The number of anilines is 2. The number of para-hydroxylation sites is 1. The van der Waals surface area contributed by atoms with Gasteiger partial charge in [0.1, 0.15) is 0 Å². The Morgan fingerprint density at radius 3 is 2.50 bits per heavy atom. The summed E-state index contributed by atoms with van der Waals surface area (Å²) >= 11 is 6.39. The van der Waals surface area contributed by atoms with Crippen molar-refractivity contribution in [3.63, 3.8) is 0 Å². The molecule has 0 heterocycles. The van der Waals surface area contributed by atoms with Crippen LogP contribution >= 0.6 is 11.6 Å². The quantitative estimate of drug-likeness (QED) is 0.569. The van der Waals surface area contributed by atoms with Gasteiger partial charge in [-0.05, 0) is 43.7 Å². The number of aliphatic imine (C=N–C) groups is 1. The maximum atomic E-state index is 12.2. The first-order valence-corrected chi connectivity index (χ1v) is 8.22. The van der Waals surface area contributed by atoms with E-state index < -0.39 is 0 Å². The van der Waals surface area contributed by atoms with Crippen LogP contribution < -0.4 is 4.90 Å². The van der Waals surface area contributed by atoms with Crippen molar-refractivity contribution in [2.45, 2.75) is 20.8 Å². The van der Waals surface area contributed by atoms with Crippen LogP contribution in [0.2, 0.25) is 5.02 Å². The fourth-order valence-corrected chi connectivity index (χ4v) is 2.51. The Balaban J connectivity index is 2.45. The molecule has 126 valence electrons. The number of carbonyl (C=O) groups excluding carboxylic acids is 1. The average molecular weight is 344 g/mol. The molecule has 5 heteroatoms. The zero-order valence-corrected chi connectivity index (χ0v) is 15.2. The molecule has 0 aliphatic rings. The molecule has 0 aromatic heterocycles. The third kappa shape index (κ3) is 4.15. The third-order valence-corrected chi connectivity index (χ3v) is 4.03. The van der Waals surface area contributed by atoms with Crippen LogP contribution in [0.1, 0.15) is 19.4 Å². The number of hydrogen-bond donors (Lipinski definition) is 0. The minimum Gasteiger partial charge on any atom is -0.366 e. The Labute approximate surface area is 148 Å². The Hall–Kier alpha value is -2.33. The van der Waals surface area contributed by atoms with Crippen molar-refractivity contribution < 1.29 is 4.79 Å². The number of nitrogens with zero attached hydrogens (tertiary/aromatic N) is 3. The van der Waals surface area contributed by atoms with E-state index in [4.69, 9.17) is 11.6 Å². The van der Waals surface area contributed by atoms with Crippen LogP contribution in [-0.2, 0) is 4.79 Å². The highest BCUT2D eigenvalue weighted by atomic mass is 35.5. The van der Waals surface area contributed by atoms with Crippen LogP contribution in [-0.4, -0.2) is 30.7 Å². The first-order valence-electron chi connectivity index (χ1n) is 7.84. The molecule has 1 amide bonds. The van der Waals surface area contributed by atoms with E-state index in [1.807, 2.05) is 62.2 Å². The highest BCUT2D eigenvalue weighted by Gasteiger charge is 2.17. The van der Waals surface area contributed by atoms with Crippen molar-refractivity contribution in [3.8, 4) is 0 Å². The second kappa shape index (κ2) is 7.97. The van der Waals surface area contributed by atoms with Crippen LogP contribution in [0.15, 0.2) is 47.5 Å². The van der Waals surface area contributed by atoms with Gasteiger partial charge in [0.25, 0.3) is 0 Å². The molecule has 0 bridgehead atoms. The molecule has 4 nitrogen and oxygen atoms in total. The van der Waals surface area contributed by atoms with Crippen LogP contribution in [0.4, 0.5) is 17.1 Å². The monoisotopic (exact) mass is 343 g/mol. The lowest BCUT2D eigenvalue weighted by atomic mass is 10.1. The molecule has 0 saturated heterocycles. The Morgan fingerprint density at radius 1 is 1.25 bits per heavy atom. The fourth-order valence-electron chi connectivity index (χ4n) is 2.31. The lowest BCUT2D eigenvalue weighted by Gasteiger charge is -2.24. The maximum absolute atomic E-state index is 12.2. The Kier molecular flexibility index (Phi) is 5.99. The van der Waals surface area contributed by atoms with Crippen LogP contribution in [0.5, 0.6) is 0 Å². The molecule has 0 N–H and O–H groups in total. The summed E-state index contributed by atoms with van der Waals surface area (Å²) in [7, 11) is 1.95. The molecule has 2 rings (SSSR count). The molecule has 0 aliphatic heterocycles. The molecule has 0 fully saturated rings. The summed E-state index contributed by atoms with van der Waals surface area (Å²) < 4.78 is 0. The molecular formula is C19H22ClN3O. The maximum Gasteiger partial charge on any atom is 0.228 e. The van der Waals surface area contributed by atoms with Gasteiger partial charge < -0.3 is 4.90 Å². The van der Waals surface area contributed by atoms with Crippen molar-refractivity contribution in [2.75, 3.05) is 18.5 Å². The standard InChI is InChI=1S/C19H22ClN3O/c1-5-22(4)13-21-18-11-14(2)19(12-17(18)20)23(15(3)24)16-9-7-6-8-10-16/h6-13H,5H2,1-4H3. The predicted octanol–water partition coefficient (Wildman–Crippen LogP) is 4.94. The number of rotatable bonds is 5. The van der Waals surface area contributed by atoms with E-state index in [1.165, 1.54) is 0 Å². The van der Waals surface area contributed by atoms with Gasteiger partial charge in [0.05, 0.1) is 22.7 Å². The van der Waals surface area contributed by atoms with E-state index in [2.05, 4.69) is 4.99 Å². The van der Waals surface area contributed by atoms with E-state index in [0.29, 0.717) is 10.7 Å². The minimum atomic E-state index is -0.0673. The number of aryl methyl sites for hydroxylation is 1. The number of halogens is 1. The van der Waals surface area contributed by atoms with Gasteiger partial charge in [0.2, 0.25) is 5.91 Å². The molecule has 2 aromatic carbocycles. The summed E-state index contributed by atoms with van der Waals surface area (Å²) in [4.78, 5) is 20.2. The lowest BCUT2D eigenvalue weighted by Crippen LogP contribution is -2.23. The van der Waals surface area contributed by atoms with Gasteiger partial charge in [-0.15, -0.1) is 0 Å². The van der Waals surface area contributed by atoms with E-state index in [1.54, 1.807) is 24.2 Å². The first kappa shape index (κ1) is 18.0. The minimum absolute atomic E-state index is 0.0673. The number of hydrogen-bond acceptors (Lipinski definition) is 2. The second-order valence-corrected chi connectivity index (χ2v) is 6.01. The fraction of sp³-hybridized carbons (Fsp3) is 0.263. The van der Waals surface area contributed by atoms with Gasteiger partial charge in [0.15, 0.2) is 0 Å². The summed E-state index contributed by atoms with van der Waals surface area (Å²) in [5.74, 6) is -0.0673. The van der Waals surface area contributed by atoms with Crippen molar-refractivity contribution in [2.24, 2.45) is 4.99 Å². The van der Waals surface area contributed by atoms with E-state index >= 15 is 0 Å². The normalized spacial score (nSPS) is 10.9. The molecule has 0 spiro atoms. The average Bonchev–Trinajstić information content (AvgIpc) is 2.57. The lowest BCUT2D eigenvalue weighted by molar-refractivity contribution is -0.115. The Morgan fingerprint density at radius 2 is 1.92 bits per heavy atom. The van der Waals surface area contributed by atoms with Crippen LogP contribution in [0.25, 0.3) is 0 Å². The van der Waals surface area contributed by atoms with Gasteiger partial charge in [0, 0.05) is 26.2 Å². The van der Waals surface area contributed by atoms with Crippen molar-refractivity contribution in [1.29, 1.82) is 0 Å². The SMILES string of the molecule is CCN(C)C=Nc1cc(C)c(N(C(C)=O)c2ccccc2)cc1Cl. The largest absolute Gasteiger partial charge is 0.366 e. The number of amides is 1. The van der Waals surface area contributed by atoms with Gasteiger partial charge in [-0.3, -0.25) is 9.69 Å². The summed E-state index contributed by atoms with van der Waals surface area (Å²) in [5.41, 5.74) is 3.20. The first-order chi connectivity index (χ1) is 11.4. The van der Waals surface area contributed by atoms with E-state index in [-0.39, 0.29) is 5.91 Å². The van der Waals surface area contributed by atoms with Crippen molar-refractivity contribution >= 4 is 40.9 Å². The molecule has 0 aliphatic carbocycles. The number of carbonyl (C=O) groups is 1. The van der Waals surface area contributed by atoms with E-state index in [0.717, 1.165) is 23.5 Å². The van der Waals surface area contributed by atoms with Gasteiger partial charge in [-0.1, -0.05) is 29.8 Å². The Bertz CT molecular complexity index is 744. The van der Waals surface area contributed by atoms with E-state index in [9.17, 15) is 4.79 Å². The summed E-state index contributed by atoms with van der Waals surface area (Å²) in [5, 5.41) is 0.513. The highest BCUT2D eigenvalue weighted by molar-refractivity contribution is 6.33. The zero-order chi connectivity index (χ0) is 17.7. The van der Waals surface area contributed by atoms with Crippen molar-refractivity contribution in [1.82, 2.24) is 4.90 Å². The molecule has 0 atom stereocenters. The van der Waals surface area contributed by atoms with Crippen LogP contribution in [0, 0.1) is 6.92 Å². The summed E-state index contributed by atoms with van der Waals surface area (Å²) in [6.45, 7) is 6.41. The predicted molar refractivity (Wildman–Crippen MR) is 102 cm³/mol. The summed E-state index contributed by atoms with van der Waals surface area (Å²) in [6.07, 6.45) is 1.75. The molecule has 0 saturated carbocycles. The summed E-state index contributed by atoms with van der Waals surface area (Å²) in [6, 6.07) is 13.2. The van der Waals surface area contributed by atoms with Crippen molar-refractivity contribution in [3.05, 3.63) is 53.1 Å².